The zero-order valence-electron chi connectivity index (χ0n) is 11.5. The number of aliphatic carboxylic acids is 1. The number of nitrogens with one attached hydrogen (secondary N) is 2. The molecular weight excluding hydrogens is 232 g/mol. The van der Waals surface area contributed by atoms with Gasteiger partial charge in [0.25, 0.3) is 0 Å². The van der Waals surface area contributed by atoms with Crippen LogP contribution >= 0.6 is 0 Å². The Kier molecular flexibility index (Phi) is 5.14. The van der Waals surface area contributed by atoms with E-state index in [1.165, 1.54) is 0 Å². The zero-order valence-corrected chi connectivity index (χ0v) is 11.5. The van der Waals surface area contributed by atoms with Crippen LogP contribution in [-0.4, -0.2) is 35.1 Å². The topological polar surface area (TPSA) is 78.4 Å². The van der Waals surface area contributed by atoms with Gasteiger partial charge in [0.1, 0.15) is 6.04 Å². The van der Waals surface area contributed by atoms with Crippen molar-refractivity contribution in [1.82, 2.24) is 10.6 Å². The van der Waals surface area contributed by atoms with Crippen molar-refractivity contribution in [2.45, 2.75) is 58.0 Å². The highest BCUT2D eigenvalue weighted by Gasteiger charge is 2.37. The molecule has 0 spiro atoms. The summed E-state index contributed by atoms with van der Waals surface area (Å²) in [7, 11) is 0. The molecule has 1 aliphatic rings. The summed E-state index contributed by atoms with van der Waals surface area (Å²) in [6.07, 6.45) is 3.54. The highest BCUT2D eigenvalue weighted by Crippen LogP contribution is 2.19. The molecule has 1 rings (SSSR count). The number of hydrogen-bond donors (Lipinski definition) is 3. The van der Waals surface area contributed by atoms with Crippen molar-refractivity contribution in [2.24, 2.45) is 5.92 Å². The van der Waals surface area contributed by atoms with Gasteiger partial charge >= 0.3 is 5.97 Å². The average Bonchev–Trinajstić information content (AvgIpc) is 2.35. The first-order valence-corrected chi connectivity index (χ1v) is 6.69. The zero-order chi connectivity index (χ0) is 13.8. The number of piperidine rings is 1. The van der Waals surface area contributed by atoms with E-state index in [1.54, 1.807) is 0 Å². The molecule has 18 heavy (non-hydrogen) atoms. The molecule has 1 saturated heterocycles. The van der Waals surface area contributed by atoms with Crippen LogP contribution < -0.4 is 10.6 Å². The highest BCUT2D eigenvalue weighted by molar-refractivity contribution is 5.90. The van der Waals surface area contributed by atoms with Crippen LogP contribution in [0.3, 0.4) is 0 Å². The quantitative estimate of drug-likeness (QED) is 0.689. The molecule has 104 valence electrons. The van der Waals surface area contributed by atoms with Crippen molar-refractivity contribution in [2.75, 3.05) is 6.54 Å². The lowest BCUT2D eigenvalue weighted by atomic mass is 9.89. The molecule has 5 heteroatoms. The molecule has 1 amide bonds. The summed E-state index contributed by atoms with van der Waals surface area (Å²) in [6, 6.07) is -0.803. The Hall–Kier alpha value is -1.10. The van der Waals surface area contributed by atoms with E-state index in [2.05, 4.69) is 10.6 Å². The van der Waals surface area contributed by atoms with Gasteiger partial charge in [-0.1, -0.05) is 20.3 Å². The lowest BCUT2D eigenvalue weighted by molar-refractivity contribution is -0.144. The second-order valence-electron chi connectivity index (χ2n) is 5.39. The Morgan fingerprint density at radius 2 is 2.11 bits per heavy atom. The average molecular weight is 256 g/mol. The number of amides is 1. The van der Waals surface area contributed by atoms with E-state index in [0.29, 0.717) is 0 Å². The molecule has 1 heterocycles. The minimum atomic E-state index is -0.961. The molecule has 1 aliphatic heterocycles. The summed E-state index contributed by atoms with van der Waals surface area (Å²) in [5.41, 5.74) is -0.626. The Morgan fingerprint density at radius 3 is 2.56 bits per heavy atom. The Balaban J connectivity index is 2.68. The summed E-state index contributed by atoms with van der Waals surface area (Å²) in [5.74, 6) is -1.23. The maximum absolute atomic E-state index is 12.2. The van der Waals surface area contributed by atoms with E-state index in [0.717, 1.165) is 32.2 Å². The molecule has 0 aromatic carbocycles. The minimum Gasteiger partial charge on any atom is -0.480 e. The molecule has 0 aromatic heterocycles. The molecule has 0 radical (unpaired) electrons. The predicted molar refractivity (Wildman–Crippen MR) is 69.3 cm³/mol. The van der Waals surface area contributed by atoms with Gasteiger partial charge in [-0.15, -0.1) is 0 Å². The fourth-order valence-corrected chi connectivity index (χ4v) is 2.23. The van der Waals surface area contributed by atoms with Crippen LogP contribution in [0.5, 0.6) is 0 Å². The molecule has 5 nitrogen and oxygen atoms in total. The van der Waals surface area contributed by atoms with E-state index in [4.69, 9.17) is 0 Å². The first-order valence-electron chi connectivity index (χ1n) is 6.69. The second kappa shape index (κ2) is 6.18. The highest BCUT2D eigenvalue weighted by atomic mass is 16.4. The monoisotopic (exact) mass is 256 g/mol. The van der Waals surface area contributed by atoms with Gasteiger partial charge in [0.2, 0.25) is 5.91 Å². The summed E-state index contributed by atoms with van der Waals surface area (Å²) in [5, 5.41) is 15.0. The van der Waals surface area contributed by atoms with Gasteiger partial charge in [-0.25, -0.2) is 4.79 Å². The largest absolute Gasteiger partial charge is 0.480 e. The maximum Gasteiger partial charge on any atom is 0.326 e. The van der Waals surface area contributed by atoms with Crippen LogP contribution in [0.2, 0.25) is 0 Å². The Bertz CT molecular complexity index is 311. The van der Waals surface area contributed by atoms with Crippen LogP contribution in [0.1, 0.15) is 46.5 Å². The standard InChI is InChI=1S/C13H24N2O3/c1-4-9(2)10(11(16)17)15-12(18)13(3)7-5-6-8-14-13/h9-10,14H,4-8H2,1-3H3,(H,15,18)(H,16,17)/t9?,10-,13?/m0/s1. The molecule has 0 saturated carbocycles. The summed E-state index contributed by atoms with van der Waals surface area (Å²) in [4.78, 5) is 23.4. The van der Waals surface area contributed by atoms with Crippen LogP contribution in [0, 0.1) is 5.92 Å². The molecule has 3 N–H and O–H groups in total. The van der Waals surface area contributed by atoms with Gasteiger partial charge in [-0.05, 0) is 38.6 Å². The van der Waals surface area contributed by atoms with E-state index < -0.39 is 17.6 Å². The van der Waals surface area contributed by atoms with E-state index in [1.807, 2.05) is 20.8 Å². The van der Waals surface area contributed by atoms with Crippen LogP contribution in [0.25, 0.3) is 0 Å². The molecule has 0 aliphatic carbocycles. The number of carbonyl (C=O) groups is 2. The van der Waals surface area contributed by atoms with E-state index in [-0.39, 0.29) is 11.8 Å². The van der Waals surface area contributed by atoms with Crippen molar-refractivity contribution in [1.29, 1.82) is 0 Å². The number of carboxylic acids is 1. The van der Waals surface area contributed by atoms with Crippen molar-refractivity contribution < 1.29 is 14.7 Å². The van der Waals surface area contributed by atoms with E-state index >= 15 is 0 Å². The number of rotatable bonds is 5. The first kappa shape index (κ1) is 15.0. The predicted octanol–water partition coefficient (Wildman–Crippen LogP) is 1.13. The molecule has 1 fully saturated rings. The first-order chi connectivity index (χ1) is 8.40. The van der Waals surface area contributed by atoms with E-state index in [9.17, 15) is 14.7 Å². The fourth-order valence-electron chi connectivity index (χ4n) is 2.23. The van der Waals surface area contributed by atoms with Crippen molar-refractivity contribution in [3.8, 4) is 0 Å². The normalized spacial score (nSPS) is 27.3. The van der Waals surface area contributed by atoms with Gasteiger partial charge in [-0.3, -0.25) is 4.79 Å². The Morgan fingerprint density at radius 1 is 1.44 bits per heavy atom. The lowest BCUT2D eigenvalue weighted by Gasteiger charge is -2.35. The molecule has 3 atom stereocenters. The SMILES string of the molecule is CCC(C)[C@H](NC(=O)C1(C)CCCCN1)C(=O)O. The third-order valence-electron chi connectivity index (χ3n) is 3.89. The van der Waals surface area contributed by atoms with Crippen LogP contribution in [0.4, 0.5) is 0 Å². The summed E-state index contributed by atoms with van der Waals surface area (Å²) >= 11 is 0. The number of hydrogen-bond acceptors (Lipinski definition) is 3. The van der Waals surface area contributed by atoms with Crippen molar-refractivity contribution >= 4 is 11.9 Å². The minimum absolute atomic E-state index is 0.0707. The smallest absolute Gasteiger partial charge is 0.326 e. The van der Waals surface area contributed by atoms with Crippen molar-refractivity contribution in [3.05, 3.63) is 0 Å². The molecule has 2 unspecified atom stereocenters. The summed E-state index contributed by atoms with van der Waals surface area (Å²) < 4.78 is 0. The second-order valence-corrected chi connectivity index (χ2v) is 5.39. The van der Waals surface area contributed by atoms with Crippen molar-refractivity contribution in [3.63, 3.8) is 0 Å². The molecule has 0 bridgehead atoms. The van der Waals surface area contributed by atoms with Crippen LogP contribution in [0.15, 0.2) is 0 Å². The Labute approximate surface area is 108 Å². The fraction of sp³-hybridized carbons (Fsp3) is 0.846. The number of carboxylic acid groups (broad SMARTS) is 1. The van der Waals surface area contributed by atoms with Gasteiger partial charge in [0, 0.05) is 0 Å². The van der Waals surface area contributed by atoms with Gasteiger partial charge in [-0.2, -0.15) is 0 Å². The van der Waals surface area contributed by atoms with Crippen LogP contribution in [-0.2, 0) is 9.59 Å². The maximum atomic E-state index is 12.2. The molecular formula is C13H24N2O3. The number of carbonyl (C=O) groups excluding carboxylic acids is 1. The third-order valence-corrected chi connectivity index (χ3v) is 3.89. The third kappa shape index (κ3) is 3.45. The molecule has 0 aromatic rings. The van der Waals surface area contributed by atoms with Gasteiger partial charge in [0.15, 0.2) is 0 Å². The summed E-state index contributed by atoms with van der Waals surface area (Å²) in [6.45, 7) is 6.42. The van der Waals surface area contributed by atoms with Gasteiger partial charge in [0.05, 0.1) is 5.54 Å². The van der Waals surface area contributed by atoms with Gasteiger partial charge < -0.3 is 15.7 Å². The lowest BCUT2D eigenvalue weighted by Crippen LogP contribution is -2.60.